The van der Waals surface area contributed by atoms with Crippen LogP contribution in [0.3, 0.4) is 0 Å². The van der Waals surface area contributed by atoms with Crippen molar-refractivity contribution in [3.8, 4) is 0 Å². The van der Waals surface area contributed by atoms with Crippen LogP contribution < -0.4 is 4.90 Å². The van der Waals surface area contributed by atoms with Gasteiger partial charge in [0.15, 0.2) is 0 Å². The van der Waals surface area contributed by atoms with Crippen molar-refractivity contribution in [1.29, 1.82) is 0 Å². The summed E-state index contributed by atoms with van der Waals surface area (Å²) < 4.78 is 55.7. The highest BCUT2D eigenvalue weighted by Crippen LogP contribution is 2.36. The van der Waals surface area contributed by atoms with Gasteiger partial charge in [-0.1, -0.05) is 36.4 Å². The number of rotatable bonds is 4. The second kappa shape index (κ2) is 8.03. The van der Waals surface area contributed by atoms with E-state index in [0.717, 1.165) is 17.6 Å². The van der Waals surface area contributed by atoms with Crippen LogP contribution in [-0.2, 0) is 17.5 Å². The summed E-state index contributed by atoms with van der Waals surface area (Å²) in [5.41, 5.74) is 1.41. The summed E-state index contributed by atoms with van der Waals surface area (Å²) in [6, 6.07) is 18.7. The molecule has 0 aliphatic carbocycles. The van der Waals surface area contributed by atoms with Gasteiger partial charge in [0, 0.05) is 30.1 Å². The highest BCUT2D eigenvalue weighted by Gasteiger charge is 2.36. The molecule has 1 fully saturated rings. The maximum atomic E-state index is 14.4. The molecule has 33 heavy (non-hydrogen) atoms. The Kier molecular flexibility index (Phi) is 5.15. The highest BCUT2D eigenvalue weighted by molar-refractivity contribution is 5.96. The summed E-state index contributed by atoms with van der Waals surface area (Å²) in [5.74, 6) is -0.341. The first kappa shape index (κ1) is 21.2. The standard InChI is InChI=1S/C25H19F4N3O/c26-20-9-2-1-6-16(20)14-32-22-11-4-3-10-21(22)30-24(32)17-12-23(33)31(15-17)19-8-5-7-18(13-19)25(27,28)29/h1-11,13,17H,12,14-15H2. The quantitative estimate of drug-likeness (QED) is 0.369. The molecule has 2 heterocycles. The van der Waals surface area contributed by atoms with Gasteiger partial charge in [-0.3, -0.25) is 4.79 Å². The number of carbonyl (C=O) groups is 1. The third kappa shape index (κ3) is 3.97. The van der Waals surface area contributed by atoms with Crippen molar-refractivity contribution in [2.45, 2.75) is 25.1 Å². The maximum Gasteiger partial charge on any atom is 0.416 e. The topological polar surface area (TPSA) is 38.1 Å². The lowest BCUT2D eigenvalue weighted by Gasteiger charge is -2.19. The number of fused-ring (bicyclic) bond motifs is 1. The Bertz CT molecular complexity index is 1340. The fraction of sp³-hybridized carbons (Fsp3) is 0.200. The Hall–Kier alpha value is -3.68. The number of carbonyl (C=O) groups excluding carboxylic acids is 1. The molecule has 168 valence electrons. The Morgan fingerprint density at radius 2 is 1.73 bits per heavy atom. The molecule has 1 saturated heterocycles. The third-order valence-electron chi connectivity index (χ3n) is 5.95. The number of nitrogens with zero attached hydrogens (tertiary/aromatic N) is 3. The Morgan fingerprint density at radius 3 is 2.52 bits per heavy atom. The van der Waals surface area contributed by atoms with Gasteiger partial charge in [0.2, 0.25) is 5.91 Å². The summed E-state index contributed by atoms with van der Waals surface area (Å²) in [6.07, 6.45) is -4.39. The minimum Gasteiger partial charge on any atom is -0.323 e. The van der Waals surface area contributed by atoms with Gasteiger partial charge in [-0.05, 0) is 36.4 Å². The number of alkyl halides is 3. The van der Waals surface area contributed by atoms with Crippen LogP contribution in [0.15, 0.2) is 72.8 Å². The maximum absolute atomic E-state index is 14.4. The summed E-state index contributed by atoms with van der Waals surface area (Å²) in [5, 5.41) is 0. The Labute approximate surface area is 187 Å². The molecule has 1 aliphatic heterocycles. The third-order valence-corrected chi connectivity index (χ3v) is 5.95. The lowest BCUT2D eigenvalue weighted by Crippen LogP contribution is -2.25. The fourth-order valence-electron chi connectivity index (χ4n) is 4.35. The zero-order valence-electron chi connectivity index (χ0n) is 17.4. The Balaban J connectivity index is 1.52. The smallest absolute Gasteiger partial charge is 0.323 e. The number of para-hydroxylation sites is 2. The molecule has 1 aromatic heterocycles. The molecular weight excluding hydrogens is 434 g/mol. The summed E-state index contributed by atoms with van der Waals surface area (Å²) in [6.45, 7) is 0.428. The largest absolute Gasteiger partial charge is 0.416 e. The molecule has 1 unspecified atom stereocenters. The second-order valence-corrected chi connectivity index (χ2v) is 8.09. The van der Waals surface area contributed by atoms with E-state index >= 15 is 0 Å². The molecular formula is C25H19F4N3O. The van der Waals surface area contributed by atoms with Crippen molar-refractivity contribution in [2.24, 2.45) is 0 Å². The van der Waals surface area contributed by atoms with Crippen molar-refractivity contribution in [2.75, 3.05) is 11.4 Å². The van der Waals surface area contributed by atoms with Crippen molar-refractivity contribution in [3.05, 3.63) is 95.6 Å². The predicted octanol–water partition coefficient (Wildman–Crippen LogP) is 5.76. The lowest BCUT2D eigenvalue weighted by atomic mass is 10.1. The SMILES string of the molecule is O=C1CC(c2nc3ccccc3n2Cc2ccccc2F)CN1c1cccc(C(F)(F)F)c1. The van der Waals surface area contributed by atoms with E-state index < -0.39 is 11.7 Å². The number of imidazole rings is 1. The molecule has 8 heteroatoms. The van der Waals surface area contributed by atoms with Gasteiger partial charge >= 0.3 is 6.18 Å². The summed E-state index contributed by atoms with van der Waals surface area (Å²) in [7, 11) is 0. The number of benzene rings is 3. The van der Waals surface area contributed by atoms with Crippen LogP contribution >= 0.6 is 0 Å². The van der Waals surface area contributed by atoms with E-state index in [-0.39, 0.29) is 42.8 Å². The van der Waals surface area contributed by atoms with Crippen molar-refractivity contribution < 1.29 is 22.4 Å². The Morgan fingerprint density at radius 1 is 0.970 bits per heavy atom. The van der Waals surface area contributed by atoms with Crippen LogP contribution in [0.5, 0.6) is 0 Å². The number of anilines is 1. The lowest BCUT2D eigenvalue weighted by molar-refractivity contribution is -0.137. The number of hydrogen-bond acceptors (Lipinski definition) is 2. The van der Waals surface area contributed by atoms with Crippen molar-refractivity contribution in [1.82, 2.24) is 9.55 Å². The van der Waals surface area contributed by atoms with Crippen molar-refractivity contribution >= 4 is 22.6 Å². The molecule has 4 aromatic rings. The number of amides is 1. The van der Waals surface area contributed by atoms with Crippen LogP contribution in [0.1, 0.15) is 29.3 Å². The molecule has 4 nitrogen and oxygen atoms in total. The molecule has 3 aromatic carbocycles. The second-order valence-electron chi connectivity index (χ2n) is 8.09. The average Bonchev–Trinajstić information content (AvgIpc) is 3.35. The van der Waals surface area contributed by atoms with E-state index in [2.05, 4.69) is 0 Å². The number of aromatic nitrogens is 2. The first-order valence-corrected chi connectivity index (χ1v) is 10.5. The van der Waals surface area contributed by atoms with Crippen LogP contribution in [0, 0.1) is 5.82 Å². The molecule has 5 rings (SSSR count). The van der Waals surface area contributed by atoms with Crippen molar-refractivity contribution in [3.63, 3.8) is 0 Å². The molecule has 0 saturated carbocycles. The minimum absolute atomic E-state index is 0.108. The molecule has 1 amide bonds. The molecule has 0 N–H and O–H groups in total. The van der Waals surface area contributed by atoms with E-state index in [9.17, 15) is 22.4 Å². The fourth-order valence-corrected chi connectivity index (χ4v) is 4.35. The van der Waals surface area contributed by atoms with E-state index in [0.29, 0.717) is 16.9 Å². The molecule has 1 aliphatic rings. The van der Waals surface area contributed by atoms with E-state index in [4.69, 9.17) is 4.98 Å². The normalized spacial score (nSPS) is 16.7. The molecule has 1 atom stereocenters. The van der Waals surface area contributed by atoms with Gasteiger partial charge < -0.3 is 9.47 Å². The predicted molar refractivity (Wildman–Crippen MR) is 116 cm³/mol. The molecule has 0 radical (unpaired) electrons. The summed E-state index contributed by atoms with van der Waals surface area (Å²) >= 11 is 0. The van der Waals surface area contributed by atoms with Crippen LogP contribution in [-0.4, -0.2) is 22.0 Å². The highest BCUT2D eigenvalue weighted by atomic mass is 19.4. The van der Waals surface area contributed by atoms with E-state index in [1.165, 1.54) is 23.1 Å². The van der Waals surface area contributed by atoms with Crippen LogP contribution in [0.25, 0.3) is 11.0 Å². The zero-order valence-corrected chi connectivity index (χ0v) is 17.4. The number of halogens is 4. The van der Waals surface area contributed by atoms with Gasteiger partial charge in [-0.2, -0.15) is 13.2 Å². The zero-order chi connectivity index (χ0) is 23.2. The summed E-state index contributed by atoms with van der Waals surface area (Å²) in [4.78, 5) is 18.9. The van der Waals surface area contributed by atoms with E-state index in [1.54, 1.807) is 18.2 Å². The van der Waals surface area contributed by atoms with Gasteiger partial charge in [0.1, 0.15) is 11.6 Å². The van der Waals surface area contributed by atoms with Gasteiger partial charge in [-0.15, -0.1) is 0 Å². The van der Waals surface area contributed by atoms with E-state index in [1.807, 2.05) is 28.8 Å². The van der Waals surface area contributed by atoms with Crippen LogP contribution in [0.4, 0.5) is 23.2 Å². The van der Waals surface area contributed by atoms with Gasteiger partial charge in [0.05, 0.1) is 23.1 Å². The minimum atomic E-state index is -4.49. The first-order chi connectivity index (χ1) is 15.8. The van der Waals surface area contributed by atoms with Gasteiger partial charge in [0.25, 0.3) is 0 Å². The molecule has 0 spiro atoms. The number of hydrogen-bond donors (Lipinski definition) is 0. The monoisotopic (exact) mass is 453 g/mol. The first-order valence-electron chi connectivity index (χ1n) is 10.5. The average molecular weight is 453 g/mol. The van der Waals surface area contributed by atoms with Crippen LogP contribution in [0.2, 0.25) is 0 Å². The molecule has 0 bridgehead atoms. The van der Waals surface area contributed by atoms with Gasteiger partial charge in [-0.25, -0.2) is 9.37 Å².